The normalized spacial score (nSPS) is 10.6. The smallest absolute Gasteiger partial charge is 0.116 e. The Kier molecular flexibility index (Phi) is 3.09. The van der Waals surface area contributed by atoms with Gasteiger partial charge in [0, 0.05) is 10.0 Å². The van der Waals surface area contributed by atoms with E-state index in [0.29, 0.717) is 5.69 Å². The quantitative estimate of drug-likeness (QED) is 0.780. The lowest BCUT2D eigenvalue weighted by Gasteiger charge is -2.03. The third-order valence-electron chi connectivity index (χ3n) is 2.89. The van der Waals surface area contributed by atoms with Crippen molar-refractivity contribution in [3.63, 3.8) is 0 Å². The van der Waals surface area contributed by atoms with E-state index in [4.69, 9.17) is 5.73 Å². The molecule has 0 radical (unpaired) electrons. The van der Waals surface area contributed by atoms with E-state index >= 15 is 0 Å². The van der Waals surface area contributed by atoms with Crippen LogP contribution < -0.4 is 5.73 Å². The van der Waals surface area contributed by atoms with Gasteiger partial charge in [0.05, 0.1) is 17.6 Å². The maximum absolute atomic E-state index is 6.06. The number of hydrogen-bond acceptors (Lipinski definition) is 2. The van der Waals surface area contributed by atoms with Gasteiger partial charge in [0.15, 0.2) is 0 Å². The molecule has 0 saturated heterocycles. The number of halogens is 1. The molecule has 2 aromatic carbocycles. The molecule has 4 heteroatoms. The fourth-order valence-electron chi connectivity index (χ4n) is 1.97. The molecule has 94 valence electrons. The maximum Gasteiger partial charge on any atom is 0.116 e. The van der Waals surface area contributed by atoms with Crippen LogP contribution in [-0.4, -0.2) is 9.78 Å². The van der Waals surface area contributed by atoms with E-state index in [9.17, 15) is 0 Å². The lowest BCUT2D eigenvalue weighted by Crippen LogP contribution is -1.95. The number of aromatic nitrogens is 2. The van der Waals surface area contributed by atoms with Crippen molar-refractivity contribution in [2.45, 2.75) is 0 Å². The van der Waals surface area contributed by atoms with E-state index in [2.05, 4.69) is 21.0 Å². The first kappa shape index (κ1) is 12.0. The Bertz CT molecular complexity index is 704. The van der Waals surface area contributed by atoms with E-state index in [1.54, 1.807) is 4.68 Å². The molecule has 0 unspecified atom stereocenters. The van der Waals surface area contributed by atoms with Crippen LogP contribution in [0.5, 0.6) is 0 Å². The number of hydrogen-bond donors (Lipinski definition) is 1. The highest BCUT2D eigenvalue weighted by atomic mass is 79.9. The van der Waals surface area contributed by atoms with Crippen LogP contribution >= 0.6 is 15.9 Å². The van der Waals surface area contributed by atoms with Crippen LogP contribution in [0.15, 0.2) is 65.3 Å². The zero-order chi connectivity index (χ0) is 13.2. The molecule has 3 nitrogen and oxygen atoms in total. The van der Waals surface area contributed by atoms with Crippen molar-refractivity contribution in [2.24, 2.45) is 0 Å². The van der Waals surface area contributed by atoms with Crippen LogP contribution in [0.3, 0.4) is 0 Å². The van der Waals surface area contributed by atoms with Crippen molar-refractivity contribution >= 4 is 21.6 Å². The molecule has 0 aliphatic carbocycles. The van der Waals surface area contributed by atoms with Gasteiger partial charge in [0.25, 0.3) is 0 Å². The van der Waals surface area contributed by atoms with Crippen LogP contribution in [0.1, 0.15) is 0 Å². The molecule has 19 heavy (non-hydrogen) atoms. The Balaban J connectivity index is 2.10. The average Bonchev–Trinajstić information content (AvgIpc) is 2.82. The second-order valence-electron chi connectivity index (χ2n) is 4.20. The van der Waals surface area contributed by atoms with Crippen LogP contribution in [0, 0.1) is 0 Å². The zero-order valence-corrected chi connectivity index (χ0v) is 11.7. The summed E-state index contributed by atoms with van der Waals surface area (Å²) in [4.78, 5) is 0. The summed E-state index contributed by atoms with van der Waals surface area (Å²) in [7, 11) is 0. The Morgan fingerprint density at radius 3 is 2.37 bits per heavy atom. The fourth-order valence-corrected chi connectivity index (χ4v) is 2.44. The molecule has 1 aromatic heterocycles. The first-order chi connectivity index (χ1) is 9.25. The number of anilines is 1. The third kappa shape index (κ3) is 2.27. The number of nitrogens with two attached hydrogens (primary N) is 1. The van der Waals surface area contributed by atoms with Crippen molar-refractivity contribution in [1.82, 2.24) is 9.78 Å². The zero-order valence-electron chi connectivity index (χ0n) is 10.1. The summed E-state index contributed by atoms with van der Waals surface area (Å²) in [6.07, 6.45) is 1.84. The summed E-state index contributed by atoms with van der Waals surface area (Å²) < 4.78 is 2.78. The molecule has 0 spiro atoms. The van der Waals surface area contributed by atoms with Gasteiger partial charge in [0.2, 0.25) is 0 Å². The molecule has 0 aliphatic rings. The van der Waals surface area contributed by atoms with Gasteiger partial charge in [-0.2, -0.15) is 5.10 Å². The summed E-state index contributed by atoms with van der Waals surface area (Å²) in [6.45, 7) is 0. The molecule has 2 N–H and O–H groups in total. The SMILES string of the molecule is Nc1cn(-c2ccccc2Br)nc1-c1ccccc1. The summed E-state index contributed by atoms with van der Waals surface area (Å²) in [5, 5.41) is 4.57. The van der Waals surface area contributed by atoms with Gasteiger partial charge in [-0.3, -0.25) is 0 Å². The highest BCUT2D eigenvalue weighted by Gasteiger charge is 2.10. The highest BCUT2D eigenvalue weighted by molar-refractivity contribution is 9.10. The number of para-hydroxylation sites is 1. The lowest BCUT2D eigenvalue weighted by atomic mass is 10.1. The molecule has 0 amide bonds. The predicted octanol–water partition coefficient (Wildman–Crippen LogP) is 3.88. The molecule has 3 aromatic rings. The first-order valence-electron chi connectivity index (χ1n) is 5.91. The largest absolute Gasteiger partial charge is 0.396 e. The predicted molar refractivity (Wildman–Crippen MR) is 81.1 cm³/mol. The van der Waals surface area contributed by atoms with Crippen molar-refractivity contribution < 1.29 is 0 Å². The molecule has 3 rings (SSSR count). The fraction of sp³-hybridized carbons (Fsp3) is 0. The second-order valence-corrected chi connectivity index (χ2v) is 5.05. The number of nitrogens with zero attached hydrogens (tertiary/aromatic N) is 2. The van der Waals surface area contributed by atoms with E-state index < -0.39 is 0 Å². The summed E-state index contributed by atoms with van der Waals surface area (Å²) in [6, 6.07) is 17.9. The minimum atomic E-state index is 0.668. The Labute approximate surface area is 119 Å². The van der Waals surface area contributed by atoms with Crippen LogP contribution in [0.25, 0.3) is 16.9 Å². The minimum Gasteiger partial charge on any atom is -0.396 e. The van der Waals surface area contributed by atoms with Crippen molar-refractivity contribution in [3.8, 4) is 16.9 Å². The highest BCUT2D eigenvalue weighted by Crippen LogP contribution is 2.27. The first-order valence-corrected chi connectivity index (χ1v) is 6.70. The molecule has 0 aliphatic heterocycles. The van der Waals surface area contributed by atoms with Crippen LogP contribution in [0.4, 0.5) is 5.69 Å². The maximum atomic E-state index is 6.06. The third-order valence-corrected chi connectivity index (χ3v) is 3.56. The van der Waals surface area contributed by atoms with Crippen molar-refractivity contribution in [2.75, 3.05) is 5.73 Å². The Morgan fingerprint density at radius 1 is 0.947 bits per heavy atom. The van der Waals surface area contributed by atoms with Gasteiger partial charge in [0.1, 0.15) is 5.69 Å². The van der Waals surface area contributed by atoms with Crippen LogP contribution in [0.2, 0.25) is 0 Å². The minimum absolute atomic E-state index is 0.668. The van der Waals surface area contributed by atoms with Crippen LogP contribution in [-0.2, 0) is 0 Å². The van der Waals surface area contributed by atoms with Gasteiger partial charge in [-0.05, 0) is 28.1 Å². The van der Waals surface area contributed by atoms with E-state index in [-0.39, 0.29) is 0 Å². The van der Waals surface area contributed by atoms with E-state index in [1.807, 2.05) is 60.8 Å². The van der Waals surface area contributed by atoms with Gasteiger partial charge >= 0.3 is 0 Å². The van der Waals surface area contributed by atoms with Crippen molar-refractivity contribution in [1.29, 1.82) is 0 Å². The Hall–Kier alpha value is -2.07. The average molecular weight is 314 g/mol. The van der Waals surface area contributed by atoms with E-state index in [0.717, 1.165) is 21.4 Å². The standard InChI is InChI=1S/C15H12BrN3/c16-12-8-4-5-9-14(12)19-10-13(17)15(18-19)11-6-2-1-3-7-11/h1-10H,17H2. The summed E-state index contributed by atoms with van der Waals surface area (Å²) in [5.41, 5.74) is 9.52. The molecule has 0 fully saturated rings. The van der Waals surface area contributed by atoms with Gasteiger partial charge in [-0.25, -0.2) is 4.68 Å². The lowest BCUT2D eigenvalue weighted by molar-refractivity contribution is 0.880. The number of nitrogen functional groups attached to an aromatic ring is 1. The molecular formula is C15H12BrN3. The van der Waals surface area contributed by atoms with Crippen molar-refractivity contribution in [3.05, 3.63) is 65.3 Å². The summed E-state index contributed by atoms with van der Waals surface area (Å²) in [5.74, 6) is 0. The molecule has 0 bridgehead atoms. The van der Waals surface area contributed by atoms with Gasteiger partial charge in [-0.1, -0.05) is 42.5 Å². The Morgan fingerprint density at radius 2 is 1.63 bits per heavy atom. The van der Waals surface area contributed by atoms with Gasteiger partial charge in [-0.15, -0.1) is 0 Å². The second kappa shape index (κ2) is 4.90. The summed E-state index contributed by atoms with van der Waals surface area (Å²) >= 11 is 3.52. The molecular weight excluding hydrogens is 302 g/mol. The molecule has 1 heterocycles. The number of rotatable bonds is 2. The monoisotopic (exact) mass is 313 g/mol. The van der Waals surface area contributed by atoms with Gasteiger partial charge < -0.3 is 5.73 Å². The van der Waals surface area contributed by atoms with E-state index in [1.165, 1.54) is 0 Å². The molecule has 0 atom stereocenters. The molecule has 0 saturated carbocycles. The number of benzene rings is 2. The topological polar surface area (TPSA) is 43.8 Å².